The number of aromatic nitrogens is 1. The number of nitrogens with zero attached hydrogens (tertiary/aromatic N) is 1. The molecule has 2 atom stereocenters. The maximum atomic E-state index is 11.8. The Morgan fingerprint density at radius 3 is 2.93 bits per heavy atom. The van der Waals surface area contributed by atoms with Crippen molar-refractivity contribution in [2.24, 2.45) is 12.8 Å². The van der Waals surface area contributed by atoms with Crippen molar-refractivity contribution in [2.75, 3.05) is 0 Å². The van der Waals surface area contributed by atoms with E-state index in [2.05, 4.69) is 5.32 Å². The first kappa shape index (κ1) is 10.2. The van der Waals surface area contributed by atoms with Gasteiger partial charge < -0.3 is 15.6 Å². The zero-order valence-corrected chi connectivity index (χ0v) is 8.94. The van der Waals surface area contributed by atoms with E-state index in [-0.39, 0.29) is 18.0 Å². The molecule has 4 heteroatoms. The third kappa shape index (κ3) is 2.04. The van der Waals surface area contributed by atoms with Crippen LogP contribution < -0.4 is 11.1 Å². The van der Waals surface area contributed by atoms with Crippen LogP contribution in [0.25, 0.3) is 0 Å². The van der Waals surface area contributed by atoms with Crippen LogP contribution in [0.15, 0.2) is 18.3 Å². The van der Waals surface area contributed by atoms with Gasteiger partial charge in [0.1, 0.15) is 5.69 Å². The van der Waals surface area contributed by atoms with E-state index in [1.807, 2.05) is 29.9 Å². The molecule has 0 spiro atoms. The Balaban J connectivity index is 2.01. The van der Waals surface area contributed by atoms with Gasteiger partial charge in [0, 0.05) is 25.3 Å². The number of nitrogens with one attached hydrogen (secondary N) is 1. The Kier molecular flexibility index (Phi) is 2.77. The van der Waals surface area contributed by atoms with Crippen molar-refractivity contribution in [1.82, 2.24) is 9.88 Å². The van der Waals surface area contributed by atoms with Gasteiger partial charge in [0.05, 0.1) is 0 Å². The zero-order chi connectivity index (χ0) is 10.8. The molecule has 1 amide bonds. The van der Waals surface area contributed by atoms with Crippen LogP contribution >= 0.6 is 0 Å². The highest BCUT2D eigenvalue weighted by Gasteiger charge is 2.25. The third-order valence-corrected chi connectivity index (χ3v) is 3.06. The van der Waals surface area contributed by atoms with Crippen LogP contribution in [0, 0.1) is 0 Å². The second-order valence-electron chi connectivity index (χ2n) is 4.18. The minimum absolute atomic E-state index is 0.0233. The summed E-state index contributed by atoms with van der Waals surface area (Å²) in [6, 6.07) is 3.95. The van der Waals surface area contributed by atoms with Gasteiger partial charge in [0.15, 0.2) is 0 Å². The number of rotatable bonds is 2. The van der Waals surface area contributed by atoms with Crippen LogP contribution in [0.4, 0.5) is 0 Å². The SMILES string of the molecule is Cn1cccc1C(=O)NC1CCCC1N. The summed E-state index contributed by atoms with van der Waals surface area (Å²) in [5.41, 5.74) is 6.59. The van der Waals surface area contributed by atoms with Crippen LogP contribution in [-0.2, 0) is 7.05 Å². The van der Waals surface area contributed by atoms with E-state index in [4.69, 9.17) is 5.73 Å². The first-order valence-corrected chi connectivity index (χ1v) is 5.36. The fraction of sp³-hybridized carbons (Fsp3) is 0.545. The molecule has 1 aromatic rings. The van der Waals surface area contributed by atoms with Crippen molar-refractivity contribution in [1.29, 1.82) is 0 Å². The van der Waals surface area contributed by atoms with E-state index in [0.29, 0.717) is 5.69 Å². The van der Waals surface area contributed by atoms with Gasteiger partial charge in [0.2, 0.25) is 0 Å². The fourth-order valence-corrected chi connectivity index (χ4v) is 2.11. The van der Waals surface area contributed by atoms with Gasteiger partial charge in [-0.3, -0.25) is 4.79 Å². The number of amides is 1. The third-order valence-electron chi connectivity index (χ3n) is 3.06. The van der Waals surface area contributed by atoms with Crippen LogP contribution in [-0.4, -0.2) is 22.6 Å². The van der Waals surface area contributed by atoms with Crippen LogP contribution in [0.1, 0.15) is 29.8 Å². The summed E-state index contributed by atoms with van der Waals surface area (Å²) in [6.45, 7) is 0. The van der Waals surface area contributed by atoms with E-state index in [0.717, 1.165) is 19.3 Å². The molecule has 0 radical (unpaired) electrons. The zero-order valence-electron chi connectivity index (χ0n) is 8.94. The molecular weight excluding hydrogens is 190 g/mol. The lowest BCUT2D eigenvalue weighted by Crippen LogP contribution is -2.44. The van der Waals surface area contributed by atoms with E-state index in [1.165, 1.54) is 0 Å². The number of nitrogens with two attached hydrogens (primary N) is 1. The van der Waals surface area contributed by atoms with Crippen molar-refractivity contribution < 1.29 is 4.79 Å². The van der Waals surface area contributed by atoms with Gasteiger partial charge in [-0.15, -0.1) is 0 Å². The molecule has 0 saturated heterocycles. The maximum absolute atomic E-state index is 11.8. The minimum Gasteiger partial charge on any atom is -0.347 e. The summed E-state index contributed by atoms with van der Waals surface area (Å²) in [7, 11) is 1.86. The first-order chi connectivity index (χ1) is 7.18. The van der Waals surface area contributed by atoms with E-state index < -0.39 is 0 Å². The second-order valence-corrected chi connectivity index (χ2v) is 4.18. The molecule has 2 unspecified atom stereocenters. The summed E-state index contributed by atoms with van der Waals surface area (Å²) in [6.07, 6.45) is 4.98. The molecule has 0 bridgehead atoms. The Morgan fingerprint density at radius 1 is 1.60 bits per heavy atom. The standard InChI is InChI=1S/C11H17N3O/c1-14-7-3-6-10(14)11(15)13-9-5-2-4-8(9)12/h3,6-9H,2,4-5,12H2,1H3,(H,13,15). The lowest BCUT2D eigenvalue weighted by Gasteiger charge is -2.17. The predicted molar refractivity (Wildman–Crippen MR) is 58.5 cm³/mol. The number of hydrogen-bond acceptors (Lipinski definition) is 2. The van der Waals surface area contributed by atoms with Gasteiger partial charge >= 0.3 is 0 Å². The highest BCUT2D eigenvalue weighted by molar-refractivity contribution is 5.92. The molecule has 0 aliphatic heterocycles. The van der Waals surface area contributed by atoms with Gasteiger partial charge in [-0.05, 0) is 31.4 Å². The summed E-state index contributed by atoms with van der Waals surface area (Å²) in [4.78, 5) is 11.8. The second kappa shape index (κ2) is 4.06. The van der Waals surface area contributed by atoms with E-state index >= 15 is 0 Å². The minimum atomic E-state index is -0.0233. The largest absolute Gasteiger partial charge is 0.347 e. The van der Waals surface area contributed by atoms with E-state index in [1.54, 1.807) is 0 Å². The average molecular weight is 207 g/mol. The molecule has 1 heterocycles. The summed E-state index contributed by atoms with van der Waals surface area (Å²) < 4.78 is 1.82. The van der Waals surface area contributed by atoms with Gasteiger partial charge in [-0.25, -0.2) is 0 Å². The average Bonchev–Trinajstić information content (AvgIpc) is 2.76. The van der Waals surface area contributed by atoms with Crippen molar-refractivity contribution in [3.8, 4) is 0 Å². The quantitative estimate of drug-likeness (QED) is 0.747. The molecular formula is C11H17N3O. The topological polar surface area (TPSA) is 60.0 Å². The molecule has 15 heavy (non-hydrogen) atoms. The molecule has 2 rings (SSSR count). The predicted octanol–water partition coefficient (Wildman–Crippen LogP) is 0.635. The molecule has 82 valence electrons. The summed E-state index contributed by atoms with van der Waals surface area (Å²) in [5, 5.41) is 2.99. The molecule has 1 saturated carbocycles. The lowest BCUT2D eigenvalue weighted by atomic mass is 10.2. The van der Waals surface area contributed by atoms with Crippen molar-refractivity contribution in [2.45, 2.75) is 31.3 Å². The van der Waals surface area contributed by atoms with Gasteiger partial charge in [0.25, 0.3) is 5.91 Å². The molecule has 4 nitrogen and oxygen atoms in total. The monoisotopic (exact) mass is 207 g/mol. The highest BCUT2D eigenvalue weighted by Crippen LogP contribution is 2.17. The molecule has 1 aliphatic rings. The molecule has 1 aliphatic carbocycles. The van der Waals surface area contributed by atoms with Gasteiger partial charge in [-0.2, -0.15) is 0 Å². The van der Waals surface area contributed by atoms with E-state index in [9.17, 15) is 4.79 Å². The van der Waals surface area contributed by atoms with Crippen molar-refractivity contribution in [3.05, 3.63) is 24.0 Å². The van der Waals surface area contributed by atoms with Crippen LogP contribution in [0.5, 0.6) is 0 Å². The number of carbonyl (C=O) groups is 1. The molecule has 1 fully saturated rings. The number of aryl methyl sites for hydroxylation is 1. The van der Waals surface area contributed by atoms with Gasteiger partial charge in [-0.1, -0.05) is 0 Å². The highest BCUT2D eigenvalue weighted by atomic mass is 16.2. The molecule has 0 aromatic carbocycles. The Morgan fingerprint density at radius 2 is 2.40 bits per heavy atom. The summed E-state index contributed by atoms with van der Waals surface area (Å²) in [5.74, 6) is -0.0233. The van der Waals surface area contributed by atoms with Crippen molar-refractivity contribution in [3.63, 3.8) is 0 Å². The van der Waals surface area contributed by atoms with Crippen molar-refractivity contribution >= 4 is 5.91 Å². The maximum Gasteiger partial charge on any atom is 0.268 e. The molecule has 3 N–H and O–H groups in total. The number of hydrogen-bond donors (Lipinski definition) is 2. The van der Waals surface area contributed by atoms with Crippen LogP contribution in [0.3, 0.4) is 0 Å². The smallest absolute Gasteiger partial charge is 0.268 e. The molecule has 1 aromatic heterocycles. The lowest BCUT2D eigenvalue weighted by molar-refractivity contribution is 0.0926. The first-order valence-electron chi connectivity index (χ1n) is 5.36. The fourth-order valence-electron chi connectivity index (χ4n) is 2.11. The Bertz CT molecular complexity index is 358. The number of carbonyl (C=O) groups excluding carboxylic acids is 1. The Labute approximate surface area is 89.5 Å². The normalized spacial score (nSPS) is 25.5. The van der Waals surface area contributed by atoms with Crippen LogP contribution in [0.2, 0.25) is 0 Å². The summed E-state index contributed by atoms with van der Waals surface area (Å²) >= 11 is 0. The Hall–Kier alpha value is -1.29.